The van der Waals surface area contributed by atoms with Gasteiger partial charge < -0.3 is 14.8 Å². The molecule has 1 aliphatic carbocycles. The summed E-state index contributed by atoms with van der Waals surface area (Å²) in [4.78, 5) is 4.23. The second-order valence-corrected chi connectivity index (χ2v) is 7.11. The number of fused-ring (bicyclic) bond motifs is 1. The third-order valence-electron chi connectivity index (χ3n) is 4.77. The highest BCUT2D eigenvalue weighted by Crippen LogP contribution is 2.38. The third kappa shape index (κ3) is 3.67. The van der Waals surface area contributed by atoms with Gasteiger partial charge >= 0.3 is 6.18 Å². The van der Waals surface area contributed by atoms with Crippen LogP contribution >= 0.6 is 0 Å². The molecule has 25 heavy (non-hydrogen) atoms. The monoisotopic (exact) mass is 356 g/mol. The van der Waals surface area contributed by atoms with Crippen LogP contribution in [0.15, 0.2) is 16.5 Å². The van der Waals surface area contributed by atoms with Crippen LogP contribution in [-0.4, -0.2) is 22.2 Å². The summed E-state index contributed by atoms with van der Waals surface area (Å²) in [5.74, 6) is 0.200. The van der Waals surface area contributed by atoms with Crippen molar-refractivity contribution in [3.05, 3.63) is 29.2 Å². The number of aromatic nitrogens is 1. The van der Waals surface area contributed by atoms with E-state index < -0.39 is 17.8 Å². The predicted molar refractivity (Wildman–Crippen MR) is 88.3 cm³/mol. The largest absolute Gasteiger partial charge is 0.440 e. The number of rotatable bonds is 4. The Morgan fingerprint density at radius 2 is 1.96 bits per heavy atom. The highest BCUT2D eigenvalue weighted by molar-refractivity contribution is 5.78. The van der Waals surface area contributed by atoms with Crippen LogP contribution in [0.5, 0.6) is 0 Å². The first-order valence-corrected chi connectivity index (χ1v) is 8.62. The van der Waals surface area contributed by atoms with E-state index in [1.165, 1.54) is 0 Å². The Morgan fingerprint density at radius 1 is 1.24 bits per heavy atom. The van der Waals surface area contributed by atoms with Crippen molar-refractivity contribution < 1.29 is 22.7 Å². The molecule has 0 radical (unpaired) electrons. The molecule has 0 unspecified atom stereocenters. The SMILES string of the molecule is CC(C)c1nc2cc([C@@H](C)N[C@@H]3CCC[C@H]3O)cc(C(F)(F)F)c2o1. The van der Waals surface area contributed by atoms with Crippen molar-refractivity contribution in [2.24, 2.45) is 0 Å². The molecular formula is C18H23F3N2O2. The van der Waals surface area contributed by atoms with Gasteiger partial charge in [0.05, 0.1) is 6.10 Å². The van der Waals surface area contributed by atoms with E-state index in [0.717, 1.165) is 25.3 Å². The lowest BCUT2D eigenvalue weighted by Crippen LogP contribution is -2.37. The van der Waals surface area contributed by atoms with E-state index in [-0.39, 0.29) is 29.1 Å². The molecule has 1 saturated carbocycles. The molecule has 0 spiro atoms. The lowest BCUT2D eigenvalue weighted by atomic mass is 10.0. The van der Waals surface area contributed by atoms with Gasteiger partial charge in [0.2, 0.25) is 0 Å². The number of hydrogen-bond acceptors (Lipinski definition) is 4. The van der Waals surface area contributed by atoms with Crippen LogP contribution in [0.25, 0.3) is 11.1 Å². The quantitative estimate of drug-likeness (QED) is 0.845. The number of benzene rings is 1. The second-order valence-electron chi connectivity index (χ2n) is 7.11. The fourth-order valence-electron chi connectivity index (χ4n) is 3.33. The molecule has 0 saturated heterocycles. The lowest BCUT2D eigenvalue weighted by molar-refractivity contribution is -0.136. The molecule has 2 aromatic rings. The standard InChI is InChI=1S/C18H23F3N2O2/c1-9(2)17-23-14-8-11(7-12(16(14)25-17)18(19,20)21)10(3)22-13-5-4-6-15(13)24/h7-10,13,15,22,24H,4-6H2,1-3H3/t10-,13-,15-/m1/s1. The van der Waals surface area contributed by atoms with Crippen molar-refractivity contribution in [1.29, 1.82) is 0 Å². The van der Waals surface area contributed by atoms with Crippen molar-refractivity contribution in [1.82, 2.24) is 10.3 Å². The zero-order valence-corrected chi connectivity index (χ0v) is 14.5. The Kier molecular flexibility index (Phi) is 4.81. The van der Waals surface area contributed by atoms with Crippen molar-refractivity contribution >= 4 is 11.1 Å². The Labute approximate surface area is 144 Å². The number of nitrogens with one attached hydrogen (secondary N) is 1. The predicted octanol–water partition coefficient (Wildman–Crippen LogP) is 4.53. The maximum atomic E-state index is 13.5. The Hall–Kier alpha value is -1.60. The lowest BCUT2D eigenvalue weighted by Gasteiger charge is -2.23. The Balaban J connectivity index is 2.00. The van der Waals surface area contributed by atoms with E-state index in [1.807, 2.05) is 13.8 Å². The van der Waals surface area contributed by atoms with Gasteiger partial charge in [0.1, 0.15) is 11.1 Å². The number of alkyl halides is 3. The summed E-state index contributed by atoms with van der Waals surface area (Å²) in [5.41, 5.74) is -0.315. The van der Waals surface area contributed by atoms with Gasteiger partial charge in [-0.15, -0.1) is 0 Å². The number of halogens is 3. The normalized spacial score (nSPS) is 22.9. The Bertz CT molecular complexity index is 755. The molecule has 1 aromatic carbocycles. The molecule has 0 amide bonds. The topological polar surface area (TPSA) is 58.3 Å². The summed E-state index contributed by atoms with van der Waals surface area (Å²) in [6.07, 6.45) is -2.51. The maximum Gasteiger partial charge on any atom is 0.420 e. The zero-order valence-electron chi connectivity index (χ0n) is 14.5. The minimum absolute atomic E-state index is 0.0939. The molecule has 1 fully saturated rings. The summed E-state index contributed by atoms with van der Waals surface area (Å²) in [5, 5.41) is 13.2. The van der Waals surface area contributed by atoms with Crippen LogP contribution < -0.4 is 5.32 Å². The van der Waals surface area contributed by atoms with E-state index in [9.17, 15) is 18.3 Å². The fourth-order valence-corrected chi connectivity index (χ4v) is 3.33. The number of hydrogen-bond donors (Lipinski definition) is 2. The van der Waals surface area contributed by atoms with Gasteiger partial charge in [-0.05, 0) is 43.9 Å². The summed E-state index contributed by atoms with van der Waals surface area (Å²) >= 11 is 0. The highest BCUT2D eigenvalue weighted by atomic mass is 19.4. The first-order valence-electron chi connectivity index (χ1n) is 8.62. The van der Waals surface area contributed by atoms with Crippen LogP contribution in [0.4, 0.5) is 13.2 Å². The summed E-state index contributed by atoms with van der Waals surface area (Å²) in [6.45, 7) is 5.45. The first-order chi connectivity index (χ1) is 11.7. The number of oxazole rings is 1. The van der Waals surface area contributed by atoms with Crippen LogP contribution in [0.3, 0.4) is 0 Å². The second kappa shape index (κ2) is 6.61. The molecule has 1 aromatic heterocycles. The van der Waals surface area contributed by atoms with Crippen molar-refractivity contribution in [3.63, 3.8) is 0 Å². The van der Waals surface area contributed by atoms with E-state index in [4.69, 9.17) is 4.42 Å². The molecule has 0 aliphatic heterocycles. The van der Waals surface area contributed by atoms with Crippen molar-refractivity contribution in [2.75, 3.05) is 0 Å². The van der Waals surface area contributed by atoms with Gasteiger partial charge in [0.15, 0.2) is 11.5 Å². The molecular weight excluding hydrogens is 333 g/mol. The van der Waals surface area contributed by atoms with E-state index >= 15 is 0 Å². The van der Waals surface area contributed by atoms with E-state index in [2.05, 4.69) is 10.3 Å². The molecule has 138 valence electrons. The number of nitrogens with zero attached hydrogens (tertiary/aromatic N) is 1. The van der Waals surface area contributed by atoms with Crippen LogP contribution in [0, 0.1) is 0 Å². The van der Waals surface area contributed by atoms with Gasteiger partial charge in [0.25, 0.3) is 0 Å². The molecule has 1 aliphatic rings. The van der Waals surface area contributed by atoms with Gasteiger partial charge in [-0.1, -0.05) is 13.8 Å². The molecule has 4 nitrogen and oxygen atoms in total. The average Bonchev–Trinajstić information content (AvgIpc) is 3.11. The van der Waals surface area contributed by atoms with Gasteiger partial charge in [-0.2, -0.15) is 13.2 Å². The number of aliphatic hydroxyl groups excluding tert-OH is 1. The van der Waals surface area contributed by atoms with Gasteiger partial charge in [0, 0.05) is 18.0 Å². The minimum atomic E-state index is -4.52. The minimum Gasteiger partial charge on any atom is -0.440 e. The van der Waals surface area contributed by atoms with Gasteiger partial charge in [-0.25, -0.2) is 4.98 Å². The smallest absolute Gasteiger partial charge is 0.420 e. The Morgan fingerprint density at radius 3 is 2.52 bits per heavy atom. The summed E-state index contributed by atoms with van der Waals surface area (Å²) < 4.78 is 45.9. The molecule has 0 bridgehead atoms. The van der Waals surface area contributed by atoms with Crippen molar-refractivity contribution in [3.8, 4) is 0 Å². The summed E-state index contributed by atoms with van der Waals surface area (Å²) in [6, 6.07) is 2.33. The van der Waals surface area contributed by atoms with Crippen LogP contribution in [0.2, 0.25) is 0 Å². The maximum absolute atomic E-state index is 13.5. The summed E-state index contributed by atoms with van der Waals surface area (Å²) in [7, 11) is 0. The van der Waals surface area contributed by atoms with E-state index in [1.54, 1.807) is 13.0 Å². The molecule has 3 atom stereocenters. The molecule has 3 rings (SSSR count). The van der Waals surface area contributed by atoms with Crippen LogP contribution in [0.1, 0.15) is 69.0 Å². The molecule has 1 heterocycles. The fraction of sp³-hybridized carbons (Fsp3) is 0.611. The van der Waals surface area contributed by atoms with Crippen molar-refractivity contribution in [2.45, 2.75) is 70.3 Å². The first kappa shape index (κ1) is 18.2. The molecule has 7 heteroatoms. The van der Waals surface area contributed by atoms with Gasteiger partial charge in [-0.3, -0.25) is 0 Å². The highest BCUT2D eigenvalue weighted by Gasteiger charge is 2.36. The number of aliphatic hydroxyl groups is 1. The average molecular weight is 356 g/mol. The zero-order chi connectivity index (χ0) is 18.4. The molecule has 2 N–H and O–H groups in total. The van der Waals surface area contributed by atoms with E-state index in [0.29, 0.717) is 11.5 Å². The van der Waals surface area contributed by atoms with Crippen LogP contribution in [-0.2, 0) is 6.18 Å². The third-order valence-corrected chi connectivity index (χ3v) is 4.77.